The predicted molar refractivity (Wildman–Crippen MR) is 96.4 cm³/mol. The first kappa shape index (κ1) is 15.8. The summed E-state index contributed by atoms with van der Waals surface area (Å²) in [5.74, 6) is 0. The molecule has 3 heteroatoms. The highest BCUT2D eigenvalue weighted by Crippen LogP contribution is 2.26. The molecule has 24 heavy (non-hydrogen) atoms. The number of para-hydroxylation sites is 2. The second kappa shape index (κ2) is 7.47. The zero-order chi connectivity index (χ0) is 16.8. The van der Waals surface area contributed by atoms with Gasteiger partial charge in [0.1, 0.15) is 6.61 Å². The van der Waals surface area contributed by atoms with Gasteiger partial charge in [0.25, 0.3) is 0 Å². The first-order valence-corrected chi connectivity index (χ1v) is 7.86. The van der Waals surface area contributed by atoms with Crippen LogP contribution in [0.2, 0.25) is 0 Å². The highest BCUT2D eigenvalue weighted by atomic mass is 16.6. The topological polar surface area (TPSA) is 29.5 Å². The van der Waals surface area contributed by atoms with E-state index in [0.717, 1.165) is 16.9 Å². The molecule has 3 aromatic rings. The Bertz CT molecular complexity index is 744. The summed E-state index contributed by atoms with van der Waals surface area (Å²) in [5.41, 5.74) is 3.70. The van der Waals surface area contributed by atoms with Crippen molar-refractivity contribution < 1.29 is 9.53 Å². The fraction of sp³-hybridized carbons (Fsp3) is 0.0952. The van der Waals surface area contributed by atoms with Crippen molar-refractivity contribution in [2.24, 2.45) is 0 Å². The molecule has 3 rings (SSSR count). The maximum atomic E-state index is 12.7. The standard InChI is InChI=1S/C21H19NO2/c1-17-12-14-18(15-13-17)16-24-21(23)22(19-8-4-2-5-9-19)20-10-6-3-7-11-20/h2-15H,16H2,1H3. The summed E-state index contributed by atoms with van der Waals surface area (Å²) in [7, 11) is 0. The Morgan fingerprint density at radius 2 is 1.29 bits per heavy atom. The molecule has 0 spiro atoms. The molecule has 120 valence electrons. The molecule has 0 heterocycles. The van der Waals surface area contributed by atoms with Gasteiger partial charge in [-0.05, 0) is 36.8 Å². The van der Waals surface area contributed by atoms with Gasteiger partial charge in [-0.3, -0.25) is 0 Å². The van der Waals surface area contributed by atoms with Crippen molar-refractivity contribution in [2.75, 3.05) is 4.90 Å². The molecule has 0 radical (unpaired) electrons. The Hall–Kier alpha value is -3.07. The van der Waals surface area contributed by atoms with Crippen molar-refractivity contribution in [1.82, 2.24) is 0 Å². The van der Waals surface area contributed by atoms with Crippen molar-refractivity contribution in [3.8, 4) is 0 Å². The van der Waals surface area contributed by atoms with Crippen molar-refractivity contribution in [3.63, 3.8) is 0 Å². The molecule has 0 saturated carbocycles. The minimum Gasteiger partial charge on any atom is -0.444 e. The van der Waals surface area contributed by atoms with E-state index in [9.17, 15) is 4.79 Å². The lowest BCUT2D eigenvalue weighted by atomic mass is 10.2. The Labute approximate surface area is 142 Å². The van der Waals surface area contributed by atoms with Gasteiger partial charge in [0.2, 0.25) is 0 Å². The van der Waals surface area contributed by atoms with E-state index in [1.165, 1.54) is 5.56 Å². The second-order valence-electron chi connectivity index (χ2n) is 5.55. The van der Waals surface area contributed by atoms with Crippen LogP contribution in [0.15, 0.2) is 84.9 Å². The molecule has 0 aromatic heterocycles. The first-order valence-electron chi connectivity index (χ1n) is 7.86. The van der Waals surface area contributed by atoms with E-state index >= 15 is 0 Å². The number of carbonyl (C=O) groups is 1. The zero-order valence-electron chi connectivity index (χ0n) is 13.6. The minimum absolute atomic E-state index is 0.245. The molecule has 0 aliphatic carbocycles. The number of ether oxygens (including phenoxy) is 1. The Balaban J connectivity index is 1.80. The minimum atomic E-state index is -0.395. The maximum Gasteiger partial charge on any atom is 0.419 e. The molecule has 0 aliphatic rings. The quantitative estimate of drug-likeness (QED) is 0.638. The SMILES string of the molecule is Cc1ccc(COC(=O)N(c2ccccc2)c2ccccc2)cc1. The summed E-state index contributed by atoms with van der Waals surface area (Å²) in [5, 5.41) is 0. The van der Waals surface area contributed by atoms with Crippen molar-refractivity contribution >= 4 is 17.5 Å². The van der Waals surface area contributed by atoms with Gasteiger partial charge < -0.3 is 4.74 Å². The summed E-state index contributed by atoms with van der Waals surface area (Å²) in [6, 6.07) is 27.0. The van der Waals surface area contributed by atoms with E-state index in [2.05, 4.69) is 0 Å². The number of aryl methyl sites for hydroxylation is 1. The van der Waals surface area contributed by atoms with Crippen LogP contribution in [-0.4, -0.2) is 6.09 Å². The molecule has 0 N–H and O–H groups in total. The van der Waals surface area contributed by atoms with Gasteiger partial charge in [-0.2, -0.15) is 0 Å². The molecule has 0 unspecified atom stereocenters. The maximum absolute atomic E-state index is 12.7. The van der Waals surface area contributed by atoms with Gasteiger partial charge >= 0.3 is 6.09 Å². The van der Waals surface area contributed by atoms with E-state index < -0.39 is 6.09 Å². The number of rotatable bonds is 4. The van der Waals surface area contributed by atoms with E-state index in [1.807, 2.05) is 91.9 Å². The van der Waals surface area contributed by atoms with Crippen LogP contribution in [0.4, 0.5) is 16.2 Å². The fourth-order valence-electron chi connectivity index (χ4n) is 2.41. The molecule has 0 saturated heterocycles. The molecule has 1 amide bonds. The average molecular weight is 317 g/mol. The van der Waals surface area contributed by atoms with Gasteiger partial charge in [0.05, 0.1) is 11.4 Å². The normalized spacial score (nSPS) is 10.2. The Morgan fingerprint density at radius 3 is 1.79 bits per heavy atom. The van der Waals surface area contributed by atoms with Crippen LogP contribution in [0.25, 0.3) is 0 Å². The fourth-order valence-corrected chi connectivity index (χ4v) is 2.41. The number of hydrogen-bond acceptors (Lipinski definition) is 2. The number of carbonyl (C=O) groups excluding carboxylic acids is 1. The lowest BCUT2D eigenvalue weighted by Crippen LogP contribution is -2.26. The van der Waals surface area contributed by atoms with Crippen LogP contribution in [0.1, 0.15) is 11.1 Å². The number of anilines is 2. The number of benzene rings is 3. The average Bonchev–Trinajstić information content (AvgIpc) is 2.63. The summed E-state index contributed by atoms with van der Waals surface area (Å²) >= 11 is 0. The molecule has 0 atom stereocenters. The van der Waals surface area contributed by atoms with Crippen LogP contribution in [0, 0.1) is 6.92 Å². The monoisotopic (exact) mass is 317 g/mol. The van der Waals surface area contributed by atoms with E-state index in [4.69, 9.17) is 4.74 Å². The van der Waals surface area contributed by atoms with Gasteiger partial charge in [-0.25, -0.2) is 9.69 Å². The lowest BCUT2D eigenvalue weighted by molar-refractivity contribution is 0.150. The number of nitrogens with zero attached hydrogens (tertiary/aromatic N) is 1. The third-order valence-corrected chi connectivity index (χ3v) is 3.69. The molecule has 0 fully saturated rings. The van der Waals surface area contributed by atoms with E-state index in [0.29, 0.717) is 0 Å². The first-order chi connectivity index (χ1) is 11.7. The van der Waals surface area contributed by atoms with Crippen molar-refractivity contribution in [1.29, 1.82) is 0 Å². The summed E-state index contributed by atoms with van der Waals surface area (Å²) < 4.78 is 5.53. The molecular formula is C21H19NO2. The summed E-state index contributed by atoms with van der Waals surface area (Å²) in [6.45, 7) is 2.28. The summed E-state index contributed by atoms with van der Waals surface area (Å²) in [4.78, 5) is 14.3. The van der Waals surface area contributed by atoms with Crippen molar-refractivity contribution in [2.45, 2.75) is 13.5 Å². The van der Waals surface area contributed by atoms with Gasteiger partial charge in [-0.1, -0.05) is 66.2 Å². The van der Waals surface area contributed by atoms with Crippen LogP contribution in [-0.2, 0) is 11.3 Å². The van der Waals surface area contributed by atoms with Gasteiger partial charge in [0.15, 0.2) is 0 Å². The van der Waals surface area contributed by atoms with Crippen molar-refractivity contribution in [3.05, 3.63) is 96.1 Å². The van der Waals surface area contributed by atoms with Crippen LogP contribution < -0.4 is 4.90 Å². The van der Waals surface area contributed by atoms with Crippen LogP contribution in [0.3, 0.4) is 0 Å². The van der Waals surface area contributed by atoms with Gasteiger partial charge in [0, 0.05) is 0 Å². The molecule has 3 aromatic carbocycles. The predicted octanol–water partition coefficient (Wildman–Crippen LogP) is 5.47. The molecular weight excluding hydrogens is 298 g/mol. The van der Waals surface area contributed by atoms with Crippen LogP contribution in [0.5, 0.6) is 0 Å². The molecule has 0 bridgehead atoms. The number of amides is 1. The molecule has 0 aliphatic heterocycles. The lowest BCUT2D eigenvalue weighted by Gasteiger charge is -2.22. The van der Waals surface area contributed by atoms with Gasteiger partial charge in [-0.15, -0.1) is 0 Å². The third kappa shape index (κ3) is 3.82. The smallest absolute Gasteiger partial charge is 0.419 e. The highest BCUT2D eigenvalue weighted by molar-refractivity contribution is 5.95. The second-order valence-corrected chi connectivity index (χ2v) is 5.55. The Morgan fingerprint density at radius 1 is 0.792 bits per heavy atom. The largest absolute Gasteiger partial charge is 0.444 e. The highest BCUT2D eigenvalue weighted by Gasteiger charge is 2.19. The Kier molecular flexibility index (Phi) is 4.92. The number of hydrogen-bond donors (Lipinski definition) is 0. The van der Waals surface area contributed by atoms with Crippen LogP contribution >= 0.6 is 0 Å². The summed E-state index contributed by atoms with van der Waals surface area (Å²) in [6.07, 6.45) is -0.395. The zero-order valence-corrected chi connectivity index (χ0v) is 13.6. The van der Waals surface area contributed by atoms with E-state index in [1.54, 1.807) is 4.90 Å². The molecule has 3 nitrogen and oxygen atoms in total. The third-order valence-electron chi connectivity index (χ3n) is 3.69. The van der Waals surface area contributed by atoms with E-state index in [-0.39, 0.29) is 6.61 Å².